The first-order chi connectivity index (χ1) is 7.24. The molecule has 1 saturated carbocycles. The maximum atomic E-state index is 11.3. The van der Waals surface area contributed by atoms with Gasteiger partial charge in [-0.2, -0.15) is 0 Å². The molecule has 1 fully saturated rings. The van der Waals surface area contributed by atoms with Crippen LogP contribution in [0.3, 0.4) is 0 Å². The van der Waals surface area contributed by atoms with Gasteiger partial charge in [-0.3, -0.25) is 0 Å². The number of carbonyl (C=O) groups excluding carboxylic acids is 1. The molecule has 2 heteroatoms. The van der Waals surface area contributed by atoms with E-state index in [0.717, 1.165) is 18.8 Å². The molecule has 15 heavy (non-hydrogen) atoms. The van der Waals surface area contributed by atoms with Gasteiger partial charge in [0.05, 0.1) is 6.61 Å². The van der Waals surface area contributed by atoms with Gasteiger partial charge in [-0.15, -0.1) is 0 Å². The lowest BCUT2D eigenvalue weighted by molar-refractivity contribution is -0.138. The second kappa shape index (κ2) is 6.65. The van der Waals surface area contributed by atoms with Crippen molar-refractivity contribution in [3.63, 3.8) is 0 Å². The zero-order valence-electron chi connectivity index (χ0n) is 9.76. The summed E-state index contributed by atoms with van der Waals surface area (Å²) in [5.41, 5.74) is 0.641. The Balaban J connectivity index is 2.17. The lowest BCUT2D eigenvalue weighted by Crippen LogP contribution is -2.10. The summed E-state index contributed by atoms with van der Waals surface area (Å²) in [7, 11) is 0. The lowest BCUT2D eigenvalue weighted by Gasteiger charge is -2.21. The smallest absolute Gasteiger partial charge is 0.333 e. The molecule has 1 rings (SSSR count). The fourth-order valence-electron chi connectivity index (χ4n) is 2.19. The molecule has 0 spiro atoms. The van der Waals surface area contributed by atoms with Gasteiger partial charge in [0.1, 0.15) is 0 Å². The van der Waals surface area contributed by atoms with Crippen molar-refractivity contribution in [3.8, 4) is 0 Å². The molecule has 2 nitrogen and oxygen atoms in total. The monoisotopic (exact) mass is 210 g/mol. The van der Waals surface area contributed by atoms with E-state index in [1.54, 1.807) is 0 Å². The first kappa shape index (κ1) is 12.3. The van der Waals surface area contributed by atoms with Crippen LogP contribution in [0.5, 0.6) is 0 Å². The predicted molar refractivity (Wildman–Crippen MR) is 61.6 cm³/mol. The third kappa shape index (κ3) is 4.50. The van der Waals surface area contributed by atoms with E-state index in [9.17, 15) is 4.79 Å². The van der Waals surface area contributed by atoms with E-state index in [-0.39, 0.29) is 5.97 Å². The first-order valence-electron chi connectivity index (χ1n) is 6.09. The van der Waals surface area contributed by atoms with Crippen LogP contribution >= 0.6 is 0 Å². The van der Waals surface area contributed by atoms with Crippen molar-refractivity contribution in [1.82, 2.24) is 0 Å². The molecule has 1 aliphatic rings. The van der Waals surface area contributed by atoms with Crippen LogP contribution in [0.15, 0.2) is 12.2 Å². The van der Waals surface area contributed by atoms with Crippen molar-refractivity contribution in [2.24, 2.45) is 5.92 Å². The summed E-state index contributed by atoms with van der Waals surface area (Å²) in [6, 6.07) is 0. The van der Waals surface area contributed by atoms with Crippen molar-refractivity contribution < 1.29 is 9.53 Å². The third-order valence-electron chi connectivity index (χ3n) is 3.14. The van der Waals surface area contributed by atoms with E-state index >= 15 is 0 Å². The highest BCUT2D eigenvalue weighted by atomic mass is 16.5. The maximum Gasteiger partial charge on any atom is 0.333 e. The molecule has 0 aromatic carbocycles. The molecule has 0 aromatic heterocycles. The molecular formula is C13H22O2. The Morgan fingerprint density at radius 3 is 2.60 bits per heavy atom. The third-order valence-corrected chi connectivity index (χ3v) is 3.14. The fraction of sp³-hybridized carbons (Fsp3) is 0.769. The van der Waals surface area contributed by atoms with Crippen LogP contribution in [0.25, 0.3) is 0 Å². The minimum absolute atomic E-state index is 0.215. The Kier molecular flexibility index (Phi) is 5.44. The summed E-state index contributed by atoms with van der Waals surface area (Å²) in [6.45, 7) is 6.05. The predicted octanol–water partition coefficient (Wildman–Crippen LogP) is 3.47. The second-order valence-corrected chi connectivity index (χ2v) is 4.37. The minimum Gasteiger partial charge on any atom is -0.463 e. The highest BCUT2D eigenvalue weighted by Crippen LogP contribution is 2.28. The summed E-state index contributed by atoms with van der Waals surface area (Å²) < 4.78 is 4.91. The molecule has 0 amide bonds. The molecule has 0 radical (unpaired) electrons. The zero-order chi connectivity index (χ0) is 11.1. The van der Waals surface area contributed by atoms with Crippen molar-refractivity contribution in [3.05, 3.63) is 12.2 Å². The van der Waals surface area contributed by atoms with Crippen LogP contribution in [-0.2, 0) is 9.53 Å². The van der Waals surface area contributed by atoms with Gasteiger partial charge >= 0.3 is 5.97 Å². The van der Waals surface area contributed by atoms with Gasteiger partial charge in [-0.25, -0.2) is 4.79 Å². The fourth-order valence-corrected chi connectivity index (χ4v) is 2.19. The number of hydrogen-bond donors (Lipinski definition) is 0. The number of hydrogen-bond acceptors (Lipinski definition) is 2. The topological polar surface area (TPSA) is 26.3 Å². The van der Waals surface area contributed by atoms with Crippen LogP contribution < -0.4 is 0 Å². The van der Waals surface area contributed by atoms with Crippen LogP contribution in [0, 0.1) is 5.92 Å². The quantitative estimate of drug-likeness (QED) is 0.513. The van der Waals surface area contributed by atoms with E-state index in [1.807, 2.05) is 6.92 Å². The normalized spacial score (nSPS) is 17.4. The summed E-state index contributed by atoms with van der Waals surface area (Å²) >= 11 is 0. The van der Waals surface area contributed by atoms with Gasteiger partial charge in [-0.05, 0) is 25.7 Å². The molecule has 0 bridgehead atoms. The van der Waals surface area contributed by atoms with Crippen LogP contribution in [-0.4, -0.2) is 12.6 Å². The Bertz CT molecular complexity index is 215. The molecule has 0 aromatic rings. The largest absolute Gasteiger partial charge is 0.463 e. The van der Waals surface area contributed by atoms with Gasteiger partial charge in [-0.1, -0.05) is 38.7 Å². The Morgan fingerprint density at radius 1 is 1.33 bits per heavy atom. The molecule has 0 atom stereocenters. The van der Waals surface area contributed by atoms with Gasteiger partial charge in [0.25, 0.3) is 0 Å². The van der Waals surface area contributed by atoms with Crippen LogP contribution in [0.4, 0.5) is 0 Å². The van der Waals surface area contributed by atoms with Gasteiger partial charge in [0, 0.05) is 5.57 Å². The van der Waals surface area contributed by atoms with Crippen molar-refractivity contribution in [2.45, 2.75) is 51.9 Å². The Hall–Kier alpha value is -0.790. The van der Waals surface area contributed by atoms with Gasteiger partial charge in [0.2, 0.25) is 0 Å². The molecule has 1 aliphatic carbocycles. The van der Waals surface area contributed by atoms with E-state index in [2.05, 4.69) is 6.58 Å². The van der Waals surface area contributed by atoms with Crippen molar-refractivity contribution in [1.29, 1.82) is 0 Å². The van der Waals surface area contributed by atoms with E-state index < -0.39 is 0 Å². The minimum atomic E-state index is -0.215. The van der Waals surface area contributed by atoms with Gasteiger partial charge < -0.3 is 4.74 Å². The number of ether oxygens (including phenoxy) is 1. The van der Waals surface area contributed by atoms with E-state index in [0.29, 0.717) is 12.2 Å². The van der Waals surface area contributed by atoms with Gasteiger partial charge in [0.15, 0.2) is 0 Å². The molecule has 0 heterocycles. The zero-order valence-corrected chi connectivity index (χ0v) is 9.76. The van der Waals surface area contributed by atoms with Crippen LogP contribution in [0.1, 0.15) is 51.9 Å². The molecule has 0 N–H and O–H groups in total. The van der Waals surface area contributed by atoms with E-state index in [1.165, 1.54) is 32.1 Å². The maximum absolute atomic E-state index is 11.3. The molecule has 86 valence electrons. The standard InChI is InChI=1S/C13H22O2/c1-3-15-13(14)11(2)9-10-12-7-5-4-6-8-12/h12H,2-10H2,1H3. The number of esters is 1. The SMILES string of the molecule is C=C(CCC1CCCCC1)C(=O)OCC. The summed E-state index contributed by atoms with van der Waals surface area (Å²) in [6.07, 6.45) is 8.68. The average molecular weight is 210 g/mol. The average Bonchev–Trinajstić information content (AvgIpc) is 2.27. The number of rotatable bonds is 5. The highest BCUT2D eigenvalue weighted by Gasteiger charge is 2.15. The Labute approximate surface area is 92.7 Å². The molecule has 0 saturated heterocycles. The van der Waals surface area contributed by atoms with Crippen molar-refractivity contribution >= 4 is 5.97 Å². The first-order valence-corrected chi connectivity index (χ1v) is 6.09. The molecular weight excluding hydrogens is 188 g/mol. The number of carbonyl (C=O) groups is 1. The summed E-state index contributed by atoms with van der Waals surface area (Å²) in [5, 5.41) is 0. The highest BCUT2D eigenvalue weighted by molar-refractivity contribution is 5.87. The van der Waals surface area contributed by atoms with Crippen LogP contribution in [0.2, 0.25) is 0 Å². The summed E-state index contributed by atoms with van der Waals surface area (Å²) in [4.78, 5) is 11.3. The van der Waals surface area contributed by atoms with Crippen molar-refractivity contribution in [2.75, 3.05) is 6.61 Å². The molecule has 0 unspecified atom stereocenters. The summed E-state index contributed by atoms with van der Waals surface area (Å²) in [5.74, 6) is 0.596. The Morgan fingerprint density at radius 2 is 2.00 bits per heavy atom. The molecule has 0 aliphatic heterocycles. The second-order valence-electron chi connectivity index (χ2n) is 4.37. The lowest BCUT2D eigenvalue weighted by atomic mass is 9.85. The van der Waals surface area contributed by atoms with E-state index in [4.69, 9.17) is 4.74 Å².